The standard InChI is InChI=1S/C27H25NO4/c1-18(29)15-23-19(2)28(24-13-8-14-25(27(23)24)32-17-26(30)31)16-21-11-6-7-12-22(21)20-9-4-3-5-10-20/h3-14H,15-17H2,1-2H3,(H,30,31). The number of carbonyl (C=O) groups excluding carboxylic acids is 1. The van der Waals surface area contributed by atoms with Gasteiger partial charge in [0, 0.05) is 24.0 Å². The fraction of sp³-hybridized carbons (Fsp3) is 0.185. The molecule has 0 atom stereocenters. The van der Waals surface area contributed by atoms with E-state index in [4.69, 9.17) is 9.84 Å². The van der Waals surface area contributed by atoms with E-state index in [1.54, 1.807) is 13.0 Å². The van der Waals surface area contributed by atoms with Crippen molar-refractivity contribution in [2.24, 2.45) is 0 Å². The topological polar surface area (TPSA) is 68.5 Å². The number of hydrogen-bond donors (Lipinski definition) is 1. The molecular weight excluding hydrogens is 402 g/mol. The monoisotopic (exact) mass is 427 g/mol. The van der Waals surface area contributed by atoms with Crippen LogP contribution >= 0.6 is 0 Å². The summed E-state index contributed by atoms with van der Waals surface area (Å²) in [6.07, 6.45) is 0.267. The summed E-state index contributed by atoms with van der Waals surface area (Å²) in [5.41, 5.74) is 6.23. The first-order chi connectivity index (χ1) is 15.5. The van der Waals surface area contributed by atoms with E-state index in [0.29, 0.717) is 12.3 Å². The minimum Gasteiger partial charge on any atom is -0.481 e. The second kappa shape index (κ2) is 9.10. The number of nitrogens with zero attached hydrogens (tertiary/aromatic N) is 1. The molecule has 32 heavy (non-hydrogen) atoms. The molecule has 0 aliphatic carbocycles. The molecule has 1 N–H and O–H groups in total. The Morgan fingerprint density at radius 3 is 2.38 bits per heavy atom. The van der Waals surface area contributed by atoms with Crippen LogP contribution in [0.1, 0.15) is 23.7 Å². The van der Waals surface area contributed by atoms with E-state index in [-0.39, 0.29) is 12.2 Å². The third kappa shape index (κ3) is 4.28. The smallest absolute Gasteiger partial charge is 0.341 e. The summed E-state index contributed by atoms with van der Waals surface area (Å²) in [5.74, 6) is -0.507. The van der Waals surface area contributed by atoms with E-state index >= 15 is 0 Å². The molecule has 5 nitrogen and oxygen atoms in total. The third-order valence-electron chi connectivity index (χ3n) is 5.65. The normalized spacial score (nSPS) is 10.9. The van der Waals surface area contributed by atoms with Crippen LogP contribution in [0.15, 0.2) is 72.8 Å². The molecule has 0 unspecified atom stereocenters. The quantitative estimate of drug-likeness (QED) is 0.416. The Bertz CT molecular complexity index is 1290. The number of carboxylic acid groups (broad SMARTS) is 1. The Kier molecular flexibility index (Phi) is 6.08. The molecule has 0 fully saturated rings. The number of rotatable bonds is 8. The van der Waals surface area contributed by atoms with E-state index in [9.17, 15) is 9.59 Å². The highest BCUT2D eigenvalue weighted by Crippen LogP contribution is 2.35. The van der Waals surface area contributed by atoms with Crippen molar-refractivity contribution in [1.29, 1.82) is 0 Å². The second-order valence-corrected chi connectivity index (χ2v) is 7.88. The maximum absolute atomic E-state index is 12.0. The van der Waals surface area contributed by atoms with Crippen LogP contribution in [0.2, 0.25) is 0 Å². The number of hydrogen-bond acceptors (Lipinski definition) is 3. The molecule has 5 heteroatoms. The van der Waals surface area contributed by atoms with Gasteiger partial charge in [0.25, 0.3) is 0 Å². The summed E-state index contributed by atoms with van der Waals surface area (Å²) in [5, 5.41) is 9.87. The maximum Gasteiger partial charge on any atom is 0.341 e. The zero-order valence-electron chi connectivity index (χ0n) is 18.2. The molecule has 0 amide bonds. The number of carbonyl (C=O) groups is 2. The van der Waals surface area contributed by atoms with E-state index in [2.05, 4.69) is 28.8 Å². The molecule has 0 bridgehead atoms. The van der Waals surface area contributed by atoms with Gasteiger partial charge in [0.1, 0.15) is 11.5 Å². The van der Waals surface area contributed by atoms with E-state index < -0.39 is 12.6 Å². The van der Waals surface area contributed by atoms with Crippen LogP contribution in [0, 0.1) is 6.92 Å². The van der Waals surface area contributed by atoms with Crippen LogP contribution in [-0.2, 0) is 22.6 Å². The first-order valence-electron chi connectivity index (χ1n) is 10.5. The number of aliphatic carboxylic acids is 1. The molecule has 0 saturated heterocycles. The van der Waals surface area contributed by atoms with Gasteiger partial charge in [-0.3, -0.25) is 4.79 Å². The fourth-order valence-electron chi connectivity index (χ4n) is 4.23. The van der Waals surface area contributed by atoms with Crippen LogP contribution in [0.4, 0.5) is 0 Å². The Labute approximate surface area is 186 Å². The Morgan fingerprint density at radius 2 is 1.66 bits per heavy atom. The van der Waals surface area contributed by atoms with Crippen molar-refractivity contribution in [3.05, 3.63) is 89.6 Å². The van der Waals surface area contributed by atoms with E-state index in [1.807, 2.05) is 49.4 Å². The van der Waals surface area contributed by atoms with Crippen LogP contribution in [0.5, 0.6) is 5.75 Å². The molecule has 0 spiro atoms. The fourth-order valence-corrected chi connectivity index (χ4v) is 4.23. The SMILES string of the molecule is CC(=O)Cc1c(C)n(Cc2ccccc2-c2ccccc2)c2cccc(OCC(=O)O)c12. The van der Waals surface area contributed by atoms with Crippen molar-refractivity contribution in [2.75, 3.05) is 6.61 Å². The van der Waals surface area contributed by atoms with Gasteiger partial charge in [0.05, 0.1) is 5.52 Å². The average Bonchev–Trinajstić information content (AvgIpc) is 3.04. The van der Waals surface area contributed by atoms with Gasteiger partial charge in [0.2, 0.25) is 0 Å². The lowest BCUT2D eigenvalue weighted by Gasteiger charge is -2.14. The van der Waals surface area contributed by atoms with Crippen molar-refractivity contribution in [2.45, 2.75) is 26.8 Å². The Balaban J connectivity index is 1.86. The minimum absolute atomic E-state index is 0.0462. The van der Waals surface area contributed by atoms with Gasteiger partial charge in [-0.05, 0) is 48.2 Å². The van der Waals surface area contributed by atoms with Crippen molar-refractivity contribution in [3.8, 4) is 16.9 Å². The molecular formula is C27H25NO4. The van der Waals surface area contributed by atoms with Gasteiger partial charge in [-0.15, -0.1) is 0 Å². The zero-order valence-corrected chi connectivity index (χ0v) is 18.2. The van der Waals surface area contributed by atoms with Gasteiger partial charge in [-0.25, -0.2) is 4.79 Å². The number of ketones is 1. The lowest BCUT2D eigenvalue weighted by molar-refractivity contribution is -0.139. The summed E-state index contributed by atoms with van der Waals surface area (Å²) in [6, 6.07) is 24.1. The molecule has 4 aromatic rings. The zero-order chi connectivity index (χ0) is 22.7. The van der Waals surface area contributed by atoms with Crippen molar-refractivity contribution >= 4 is 22.7 Å². The maximum atomic E-state index is 12.0. The number of Topliss-reactive ketones (excluding diaryl/α,β-unsaturated/α-hetero) is 1. The molecule has 0 aliphatic rings. The first-order valence-corrected chi connectivity index (χ1v) is 10.5. The summed E-state index contributed by atoms with van der Waals surface area (Å²) in [7, 11) is 0. The molecule has 0 saturated carbocycles. The van der Waals surface area contributed by atoms with E-state index in [1.165, 1.54) is 0 Å². The number of carboxylic acids is 1. The van der Waals surface area contributed by atoms with Gasteiger partial charge in [0.15, 0.2) is 6.61 Å². The molecule has 1 heterocycles. The second-order valence-electron chi connectivity index (χ2n) is 7.88. The van der Waals surface area contributed by atoms with Gasteiger partial charge >= 0.3 is 5.97 Å². The van der Waals surface area contributed by atoms with Crippen LogP contribution in [0.25, 0.3) is 22.0 Å². The Hall–Kier alpha value is -3.86. The first kappa shape index (κ1) is 21.4. The van der Waals surface area contributed by atoms with Crippen LogP contribution in [0.3, 0.4) is 0 Å². The molecule has 1 aromatic heterocycles. The molecule has 162 valence electrons. The van der Waals surface area contributed by atoms with Crippen molar-refractivity contribution < 1.29 is 19.4 Å². The van der Waals surface area contributed by atoms with Crippen LogP contribution < -0.4 is 4.74 Å². The predicted octanol–water partition coefficient (Wildman–Crippen LogP) is 5.26. The molecule has 0 aliphatic heterocycles. The summed E-state index contributed by atoms with van der Waals surface area (Å²) >= 11 is 0. The Morgan fingerprint density at radius 1 is 0.938 bits per heavy atom. The largest absolute Gasteiger partial charge is 0.481 e. The molecule has 0 radical (unpaired) electrons. The van der Waals surface area contributed by atoms with E-state index in [0.717, 1.165) is 38.9 Å². The number of benzene rings is 3. The van der Waals surface area contributed by atoms with Gasteiger partial charge in [-0.1, -0.05) is 60.7 Å². The van der Waals surface area contributed by atoms with Crippen molar-refractivity contribution in [1.82, 2.24) is 4.57 Å². The lowest BCUT2D eigenvalue weighted by atomic mass is 9.99. The highest BCUT2D eigenvalue weighted by atomic mass is 16.5. The molecule has 3 aromatic carbocycles. The highest BCUT2D eigenvalue weighted by molar-refractivity contribution is 5.95. The van der Waals surface area contributed by atoms with Crippen LogP contribution in [-0.4, -0.2) is 28.0 Å². The van der Waals surface area contributed by atoms with Crippen molar-refractivity contribution in [3.63, 3.8) is 0 Å². The average molecular weight is 428 g/mol. The number of fused-ring (bicyclic) bond motifs is 1. The summed E-state index contributed by atoms with van der Waals surface area (Å²) < 4.78 is 7.77. The minimum atomic E-state index is -1.04. The molecule has 4 rings (SSSR count). The summed E-state index contributed by atoms with van der Waals surface area (Å²) in [6.45, 7) is 3.76. The number of aromatic nitrogens is 1. The van der Waals surface area contributed by atoms with Gasteiger partial charge < -0.3 is 14.4 Å². The third-order valence-corrected chi connectivity index (χ3v) is 5.65. The highest BCUT2D eigenvalue weighted by Gasteiger charge is 2.20. The number of ether oxygens (including phenoxy) is 1. The predicted molar refractivity (Wildman–Crippen MR) is 125 cm³/mol. The summed E-state index contributed by atoms with van der Waals surface area (Å²) in [4.78, 5) is 23.1. The lowest BCUT2D eigenvalue weighted by Crippen LogP contribution is -2.09. The van der Waals surface area contributed by atoms with Gasteiger partial charge in [-0.2, -0.15) is 0 Å².